The molecule has 0 spiro atoms. The maximum atomic E-state index is 11.9. The molecular formula is C14H12N2O3. The van der Waals surface area contributed by atoms with Gasteiger partial charge in [0, 0.05) is 18.1 Å². The van der Waals surface area contributed by atoms with Gasteiger partial charge in [-0.2, -0.15) is 0 Å². The van der Waals surface area contributed by atoms with Crippen molar-refractivity contribution < 1.29 is 14.7 Å². The Morgan fingerprint density at radius 1 is 1.26 bits per heavy atom. The summed E-state index contributed by atoms with van der Waals surface area (Å²) in [4.78, 5) is 26.7. The van der Waals surface area contributed by atoms with Crippen molar-refractivity contribution >= 4 is 17.6 Å². The molecule has 1 heterocycles. The minimum Gasteiger partial charge on any atom is -0.478 e. The Labute approximate surface area is 109 Å². The number of anilines is 1. The van der Waals surface area contributed by atoms with Crippen LogP contribution in [0.2, 0.25) is 0 Å². The Morgan fingerprint density at radius 2 is 2.05 bits per heavy atom. The van der Waals surface area contributed by atoms with Gasteiger partial charge in [-0.05, 0) is 36.8 Å². The number of benzene rings is 1. The topological polar surface area (TPSA) is 79.3 Å². The Hall–Kier alpha value is -2.69. The lowest BCUT2D eigenvalue weighted by Gasteiger charge is -2.07. The molecule has 19 heavy (non-hydrogen) atoms. The molecule has 2 aromatic rings. The zero-order valence-corrected chi connectivity index (χ0v) is 10.3. The van der Waals surface area contributed by atoms with Crippen LogP contribution in [0.15, 0.2) is 42.7 Å². The number of carboxylic acids is 1. The average Bonchev–Trinajstić information content (AvgIpc) is 2.41. The second-order valence-corrected chi connectivity index (χ2v) is 4.03. The van der Waals surface area contributed by atoms with Gasteiger partial charge in [-0.25, -0.2) is 4.79 Å². The molecule has 0 aliphatic rings. The van der Waals surface area contributed by atoms with Crippen LogP contribution in [-0.2, 0) is 0 Å². The van der Waals surface area contributed by atoms with Crippen LogP contribution in [-0.4, -0.2) is 22.0 Å². The summed E-state index contributed by atoms with van der Waals surface area (Å²) in [6, 6.07) is 8.05. The third kappa shape index (κ3) is 2.95. The van der Waals surface area contributed by atoms with Gasteiger partial charge in [0.05, 0.1) is 11.1 Å². The third-order valence-corrected chi connectivity index (χ3v) is 2.65. The van der Waals surface area contributed by atoms with E-state index in [1.54, 1.807) is 37.4 Å². The molecule has 5 nitrogen and oxygen atoms in total. The monoisotopic (exact) mass is 256 g/mol. The first-order valence-electron chi connectivity index (χ1n) is 5.63. The first-order valence-corrected chi connectivity index (χ1v) is 5.63. The fraction of sp³-hybridized carbons (Fsp3) is 0.0714. The summed E-state index contributed by atoms with van der Waals surface area (Å²) in [5.41, 5.74) is 1.67. The van der Waals surface area contributed by atoms with E-state index >= 15 is 0 Å². The van der Waals surface area contributed by atoms with Crippen LogP contribution >= 0.6 is 0 Å². The van der Waals surface area contributed by atoms with E-state index in [1.807, 2.05) is 0 Å². The highest BCUT2D eigenvalue weighted by Crippen LogP contribution is 2.16. The second kappa shape index (κ2) is 5.30. The van der Waals surface area contributed by atoms with E-state index in [1.165, 1.54) is 12.3 Å². The molecule has 2 rings (SSSR count). The van der Waals surface area contributed by atoms with Crippen molar-refractivity contribution in [1.82, 2.24) is 4.98 Å². The second-order valence-electron chi connectivity index (χ2n) is 4.03. The molecule has 1 aromatic carbocycles. The lowest BCUT2D eigenvalue weighted by molar-refractivity contribution is 0.0695. The Kier molecular flexibility index (Phi) is 3.56. The number of hydrogen-bond acceptors (Lipinski definition) is 3. The van der Waals surface area contributed by atoms with Crippen LogP contribution in [0.25, 0.3) is 0 Å². The predicted octanol–water partition coefficient (Wildman–Crippen LogP) is 2.34. The standard InChI is InChI=1S/C14H12N2O3/c1-9-4-5-11(7-12(9)14(18)19)16-13(17)10-3-2-6-15-8-10/h2-8H,1H3,(H,16,17)(H,18,19). The molecule has 0 bridgehead atoms. The van der Waals surface area contributed by atoms with Crippen molar-refractivity contribution in [3.8, 4) is 0 Å². The van der Waals surface area contributed by atoms with E-state index in [-0.39, 0.29) is 11.5 Å². The van der Waals surface area contributed by atoms with Gasteiger partial charge in [0.1, 0.15) is 0 Å². The normalized spacial score (nSPS) is 9.95. The quantitative estimate of drug-likeness (QED) is 0.883. The first-order chi connectivity index (χ1) is 9.08. The van der Waals surface area contributed by atoms with E-state index in [0.29, 0.717) is 16.8 Å². The summed E-state index contributed by atoms with van der Waals surface area (Å²) >= 11 is 0. The number of hydrogen-bond donors (Lipinski definition) is 2. The smallest absolute Gasteiger partial charge is 0.336 e. The van der Waals surface area contributed by atoms with Crippen molar-refractivity contribution in [2.45, 2.75) is 6.92 Å². The molecule has 0 unspecified atom stereocenters. The van der Waals surface area contributed by atoms with Crippen molar-refractivity contribution in [3.63, 3.8) is 0 Å². The summed E-state index contributed by atoms with van der Waals surface area (Å²) in [6.45, 7) is 1.70. The molecule has 0 saturated heterocycles. The van der Waals surface area contributed by atoms with Crippen LogP contribution in [0, 0.1) is 6.92 Å². The fourth-order valence-corrected chi connectivity index (χ4v) is 1.63. The van der Waals surface area contributed by atoms with Crippen molar-refractivity contribution in [3.05, 3.63) is 59.4 Å². The van der Waals surface area contributed by atoms with Crippen LogP contribution < -0.4 is 5.32 Å². The summed E-state index contributed by atoms with van der Waals surface area (Å²) in [5, 5.41) is 11.7. The minimum absolute atomic E-state index is 0.170. The van der Waals surface area contributed by atoms with Crippen LogP contribution in [0.4, 0.5) is 5.69 Å². The number of rotatable bonds is 3. The highest BCUT2D eigenvalue weighted by molar-refractivity contribution is 6.04. The average molecular weight is 256 g/mol. The predicted molar refractivity (Wildman–Crippen MR) is 70.3 cm³/mol. The van der Waals surface area contributed by atoms with Crippen LogP contribution in [0.5, 0.6) is 0 Å². The Morgan fingerprint density at radius 3 is 2.68 bits per heavy atom. The first kappa shape index (κ1) is 12.8. The van der Waals surface area contributed by atoms with Gasteiger partial charge in [0.2, 0.25) is 0 Å². The highest BCUT2D eigenvalue weighted by atomic mass is 16.4. The molecule has 0 radical (unpaired) electrons. The van der Waals surface area contributed by atoms with E-state index in [9.17, 15) is 9.59 Å². The van der Waals surface area contributed by atoms with Crippen molar-refractivity contribution in [1.29, 1.82) is 0 Å². The highest BCUT2D eigenvalue weighted by Gasteiger charge is 2.10. The molecule has 0 atom stereocenters. The number of pyridine rings is 1. The molecule has 1 amide bonds. The maximum absolute atomic E-state index is 11.9. The van der Waals surface area contributed by atoms with Gasteiger partial charge in [-0.1, -0.05) is 6.07 Å². The molecule has 0 fully saturated rings. The van der Waals surface area contributed by atoms with Gasteiger partial charge in [0.25, 0.3) is 5.91 Å². The van der Waals surface area contributed by atoms with E-state index in [4.69, 9.17) is 5.11 Å². The number of aromatic carboxylic acids is 1. The molecule has 0 saturated carbocycles. The zero-order valence-electron chi connectivity index (χ0n) is 10.3. The number of aryl methyl sites for hydroxylation is 1. The molecule has 5 heteroatoms. The third-order valence-electron chi connectivity index (χ3n) is 2.65. The van der Waals surface area contributed by atoms with Crippen molar-refractivity contribution in [2.75, 3.05) is 5.32 Å². The van der Waals surface area contributed by atoms with Gasteiger partial charge in [-0.3, -0.25) is 9.78 Å². The number of carbonyl (C=O) groups excluding carboxylic acids is 1. The van der Waals surface area contributed by atoms with Gasteiger partial charge >= 0.3 is 5.97 Å². The summed E-state index contributed by atoms with van der Waals surface area (Å²) in [6.07, 6.45) is 3.02. The molecular weight excluding hydrogens is 244 g/mol. The van der Waals surface area contributed by atoms with Gasteiger partial charge in [-0.15, -0.1) is 0 Å². The van der Waals surface area contributed by atoms with Crippen molar-refractivity contribution in [2.24, 2.45) is 0 Å². The molecule has 0 aliphatic heterocycles. The number of amides is 1. The van der Waals surface area contributed by atoms with E-state index < -0.39 is 5.97 Å². The van der Waals surface area contributed by atoms with E-state index in [2.05, 4.69) is 10.3 Å². The lowest BCUT2D eigenvalue weighted by Crippen LogP contribution is -2.12. The number of nitrogens with one attached hydrogen (secondary N) is 1. The Balaban J connectivity index is 2.23. The fourth-order valence-electron chi connectivity index (χ4n) is 1.63. The zero-order chi connectivity index (χ0) is 13.8. The number of carboxylic acid groups (broad SMARTS) is 1. The summed E-state index contributed by atoms with van der Waals surface area (Å²) in [7, 11) is 0. The minimum atomic E-state index is -1.02. The lowest BCUT2D eigenvalue weighted by atomic mass is 10.1. The maximum Gasteiger partial charge on any atom is 0.336 e. The Bertz CT molecular complexity index is 624. The number of nitrogens with zero attached hydrogens (tertiary/aromatic N) is 1. The number of aromatic nitrogens is 1. The summed E-state index contributed by atoms with van der Waals surface area (Å²) < 4.78 is 0. The molecule has 2 N–H and O–H groups in total. The largest absolute Gasteiger partial charge is 0.478 e. The van der Waals surface area contributed by atoms with E-state index in [0.717, 1.165) is 0 Å². The molecule has 96 valence electrons. The molecule has 1 aromatic heterocycles. The van der Waals surface area contributed by atoms with Crippen LogP contribution in [0.1, 0.15) is 26.3 Å². The number of carbonyl (C=O) groups is 2. The SMILES string of the molecule is Cc1ccc(NC(=O)c2cccnc2)cc1C(=O)O. The molecule has 0 aliphatic carbocycles. The van der Waals surface area contributed by atoms with Gasteiger partial charge < -0.3 is 10.4 Å². The summed E-state index contributed by atoms with van der Waals surface area (Å²) in [5.74, 6) is -1.34. The van der Waals surface area contributed by atoms with Crippen LogP contribution in [0.3, 0.4) is 0 Å². The van der Waals surface area contributed by atoms with Gasteiger partial charge in [0.15, 0.2) is 0 Å².